The fourth-order valence-corrected chi connectivity index (χ4v) is 4.71. The Morgan fingerprint density at radius 1 is 0.900 bits per heavy atom. The standard InChI is InChI=1S/C27H26N2O/c28-16-18-8-10-19(11-9-18)17-29-27(30)26-7-3-6-22-24-13-12-20-4-1-2-5-21(20)23(24)14-15-25(22)26/h3-4,6-13,15H,1-2,5,14,16-17,28H2,(H,29,30). The molecule has 0 saturated heterocycles. The van der Waals surface area contributed by atoms with Gasteiger partial charge >= 0.3 is 0 Å². The van der Waals surface area contributed by atoms with Crippen molar-refractivity contribution < 1.29 is 4.79 Å². The molecule has 3 nitrogen and oxygen atoms in total. The van der Waals surface area contributed by atoms with Gasteiger partial charge in [-0.05, 0) is 74.9 Å². The van der Waals surface area contributed by atoms with Gasteiger partial charge in [-0.1, -0.05) is 60.7 Å². The topological polar surface area (TPSA) is 55.1 Å². The largest absolute Gasteiger partial charge is 0.348 e. The van der Waals surface area contributed by atoms with Crippen LogP contribution in [0.2, 0.25) is 0 Å². The molecule has 0 bridgehead atoms. The Labute approximate surface area is 176 Å². The fraction of sp³-hybridized carbons (Fsp3) is 0.222. The number of hydrogen-bond donors (Lipinski definition) is 2. The lowest BCUT2D eigenvalue weighted by atomic mass is 9.88. The van der Waals surface area contributed by atoms with Crippen LogP contribution in [-0.4, -0.2) is 5.91 Å². The zero-order chi connectivity index (χ0) is 20.5. The molecule has 5 rings (SSSR count). The predicted molar refractivity (Wildman–Crippen MR) is 121 cm³/mol. The van der Waals surface area contributed by atoms with Gasteiger partial charge in [-0.15, -0.1) is 0 Å². The Bertz CT molecular complexity index is 1340. The average Bonchev–Trinajstić information content (AvgIpc) is 2.82. The van der Waals surface area contributed by atoms with E-state index < -0.39 is 0 Å². The molecule has 2 aliphatic carbocycles. The second kappa shape index (κ2) is 7.92. The number of hydrogen-bond acceptors (Lipinski definition) is 2. The van der Waals surface area contributed by atoms with Crippen molar-refractivity contribution in [2.45, 2.75) is 38.8 Å². The summed E-state index contributed by atoms with van der Waals surface area (Å²) in [5.41, 5.74) is 11.5. The van der Waals surface area contributed by atoms with Gasteiger partial charge in [0.1, 0.15) is 0 Å². The number of fused-ring (bicyclic) bond motifs is 4. The molecule has 3 aromatic carbocycles. The van der Waals surface area contributed by atoms with Gasteiger partial charge in [0, 0.05) is 18.7 Å². The Kier molecular flexibility index (Phi) is 4.97. The minimum atomic E-state index is -0.0271. The fourth-order valence-electron chi connectivity index (χ4n) is 4.71. The summed E-state index contributed by atoms with van der Waals surface area (Å²) in [6.07, 6.45) is 9.04. The van der Waals surface area contributed by atoms with E-state index in [1.807, 2.05) is 36.4 Å². The van der Waals surface area contributed by atoms with E-state index in [1.54, 1.807) is 0 Å². The van der Waals surface area contributed by atoms with Gasteiger partial charge < -0.3 is 11.1 Å². The quantitative estimate of drug-likeness (QED) is 0.715. The second-order valence-corrected chi connectivity index (χ2v) is 8.13. The number of nitrogens with two attached hydrogens (primary N) is 1. The van der Waals surface area contributed by atoms with E-state index in [0.717, 1.165) is 34.8 Å². The molecule has 3 heteroatoms. The highest BCUT2D eigenvalue weighted by Gasteiger charge is 2.14. The minimum absolute atomic E-state index is 0.0271. The molecule has 0 fully saturated rings. The molecule has 3 N–H and O–H groups in total. The van der Waals surface area contributed by atoms with Crippen molar-refractivity contribution in [2.75, 3.05) is 0 Å². The maximum Gasteiger partial charge on any atom is 0.252 e. The van der Waals surface area contributed by atoms with Gasteiger partial charge in [-0.3, -0.25) is 4.79 Å². The monoisotopic (exact) mass is 394 g/mol. The van der Waals surface area contributed by atoms with Crippen molar-refractivity contribution >= 4 is 18.1 Å². The van der Waals surface area contributed by atoms with Gasteiger partial charge in [0.15, 0.2) is 0 Å². The third kappa shape index (κ3) is 3.35. The number of rotatable bonds is 4. The van der Waals surface area contributed by atoms with Crippen molar-refractivity contribution in [1.29, 1.82) is 0 Å². The summed E-state index contributed by atoms with van der Waals surface area (Å²) in [7, 11) is 0. The first-order valence-electron chi connectivity index (χ1n) is 10.8. The average molecular weight is 395 g/mol. The third-order valence-corrected chi connectivity index (χ3v) is 6.33. The zero-order valence-electron chi connectivity index (χ0n) is 17.1. The molecule has 0 atom stereocenters. The zero-order valence-corrected chi connectivity index (χ0v) is 17.1. The van der Waals surface area contributed by atoms with Crippen molar-refractivity contribution in [2.24, 2.45) is 5.73 Å². The number of carbonyl (C=O) groups excluding carboxylic acids is 1. The third-order valence-electron chi connectivity index (χ3n) is 6.33. The molecule has 0 heterocycles. The predicted octanol–water partition coefficient (Wildman–Crippen LogP) is 2.82. The highest BCUT2D eigenvalue weighted by Crippen LogP contribution is 2.18. The highest BCUT2D eigenvalue weighted by atomic mass is 16.1. The summed E-state index contributed by atoms with van der Waals surface area (Å²) in [5.74, 6) is -0.0271. The normalized spacial score (nSPS) is 13.9. The molecule has 150 valence electrons. The Morgan fingerprint density at radius 2 is 1.73 bits per heavy atom. The molecule has 0 saturated carbocycles. The van der Waals surface area contributed by atoms with Gasteiger partial charge in [0.05, 0.1) is 0 Å². The SMILES string of the molecule is NCc1ccc(CNC(=O)c2cccc3c2=CCc2c4c(ccc2=3)=CCCC4)cc1. The minimum Gasteiger partial charge on any atom is -0.348 e. The Hall–Kier alpha value is -3.17. The van der Waals surface area contributed by atoms with Crippen molar-refractivity contribution in [1.82, 2.24) is 5.32 Å². The summed E-state index contributed by atoms with van der Waals surface area (Å²) in [5, 5.41) is 7.99. The molecular weight excluding hydrogens is 368 g/mol. The van der Waals surface area contributed by atoms with Crippen LogP contribution < -0.4 is 21.5 Å². The Balaban J connectivity index is 1.51. The van der Waals surface area contributed by atoms with Gasteiger partial charge in [-0.25, -0.2) is 0 Å². The van der Waals surface area contributed by atoms with Crippen LogP contribution >= 0.6 is 0 Å². The first-order chi connectivity index (χ1) is 14.7. The summed E-state index contributed by atoms with van der Waals surface area (Å²) in [4.78, 5) is 13.0. The van der Waals surface area contributed by atoms with E-state index in [9.17, 15) is 4.79 Å². The molecule has 0 radical (unpaired) electrons. The molecule has 0 aromatic heterocycles. The van der Waals surface area contributed by atoms with Crippen molar-refractivity contribution in [3.8, 4) is 0 Å². The van der Waals surface area contributed by atoms with Crippen molar-refractivity contribution in [3.05, 3.63) is 103 Å². The van der Waals surface area contributed by atoms with E-state index in [-0.39, 0.29) is 5.91 Å². The lowest BCUT2D eigenvalue weighted by Gasteiger charge is -2.17. The number of carbonyl (C=O) groups is 1. The van der Waals surface area contributed by atoms with Crippen molar-refractivity contribution in [3.63, 3.8) is 0 Å². The van der Waals surface area contributed by atoms with Crippen LogP contribution in [0.15, 0.2) is 54.6 Å². The Morgan fingerprint density at radius 3 is 2.57 bits per heavy atom. The van der Waals surface area contributed by atoms with Crippen LogP contribution in [0.1, 0.15) is 45.5 Å². The first-order valence-corrected chi connectivity index (χ1v) is 10.8. The molecule has 0 aliphatic heterocycles. The molecule has 3 aromatic rings. The maximum absolute atomic E-state index is 13.0. The molecule has 2 aliphatic rings. The second-order valence-electron chi connectivity index (χ2n) is 8.13. The van der Waals surface area contributed by atoms with Crippen LogP contribution in [0.4, 0.5) is 0 Å². The molecule has 1 amide bonds. The van der Waals surface area contributed by atoms with Crippen LogP contribution in [0.25, 0.3) is 12.2 Å². The van der Waals surface area contributed by atoms with E-state index in [2.05, 4.69) is 35.7 Å². The molecular formula is C27H26N2O. The van der Waals surface area contributed by atoms with E-state index in [0.29, 0.717) is 13.1 Å². The van der Waals surface area contributed by atoms with Crippen LogP contribution in [0, 0.1) is 10.4 Å². The molecule has 0 spiro atoms. The van der Waals surface area contributed by atoms with Crippen LogP contribution in [0.5, 0.6) is 0 Å². The van der Waals surface area contributed by atoms with Gasteiger partial charge in [0.2, 0.25) is 0 Å². The smallest absolute Gasteiger partial charge is 0.252 e. The number of benzene rings is 3. The maximum atomic E-state index is 13.0. The van der Waals surface area contributed by atoms with Gasteiger partial charge in [0.25, 0.3) is 5.91 Å². The number of nitrogens with one attached hydrogen (secondary N) is 1. The summed E-state index contributed by atoms with van der Waals surface area (Å²) in [6.45, 7) is 1.04. The summed E-state index contributed by atoms with van der Waals surface area (Å²) in [6, 6.07) is 18.6. The summed E-state index contributed by atoms with van der Waals surface area (Å²) < 4.78 is 0. The van der Waals surface area contributed by atoms with E-state index >= 15 is 0 Å². The lowest BCUT2D eigenvalue weighted by Crippen LogP contribution is -2.30. The number of amides is 1. The first kappa shape index (κ1) is 18.8. The van der Waals surface area contributed by atoms with Crippen LogP contribution in [0.3, 0.4) is 0 Å². The van der Waals surface area contributed by atoms with Crippen LogP contribution in [-0.2, 0) is 25.9 Å². The lowest BCUT2D eigenvalue weighted by molar-refractivity contribution is 0.0950. The molecule has 30 heavy (non-hydrogen) atoms. The van der Waals surface area contributed by atoms with Gasteiger partial charge in [-0.2, -0.15) is 0 Å². The highest BCUT2D eigenvalue weighted by molar-refractivity contribution is 5.94. The van der Waals surface area contributed by atoms with E-state index in [1.165, 1.54) is 39.6 Å². The van der Waals surface area contributed by atoms with E-state index in [4.69, 9.17) is 5.73 Å². The molecule has 0 unspecified atom stereocenters. The summed E-state index contributed by atoms with van der Waals surface area (Å²) >= 11 is 0.